The Labute approximate surface area is 136 Å². The van der Waals surface area contributed by atoms with E-state index in [-0.39, 0.29) is 11.6 Å². The van der Waals surface area contributed by atoms with E-state index >= 15 is 0 Å². The van der Waals surface area contributed by atoms with Gasteiger partial charge in [-0.3, -0.25) is 20.2 Å². The summed E-state index contributed by atoms with van der Waals surface area (Å²) >= 11 is 1.24. The van der Waals surface area contributed by atoms with Crippen LogP contribution in [0.4, 0.5) is 10.8 Å². The van der Waals surface area contributed by atoms with Gasteiger partial charge in [-0.2, -0.15) is 0 Å². The maximum Gasteiger partial charge on any atom is 0.269 e. The summed E-state index contributed by atoms with van der Waals surface area (Å²) < 4.78 is 5.20. The number of nitro groups is 1. The number of non-ortho nitro benzene ring substituents is 1. The van der Waals surface area contributed by atoms with Gasteiger partial charge in [-0.05, 0) is 30.7 Å². The zero-order chi connectivity index (χ0) is 16.7. The van der Waals surface area contributed by atoms with Crippen molar-refractivity contribution in [3.8, 4) is 0 Å². The minimum absolute atomic E-state index is 0.00212. The number of benzene rings is 1. The van der Waals surface area contributed by atoms with Gasteiger partial charge in [0.05, 0.1) is 4.92 Å². The average Bonchev–Trinajstić information content (AvgIpc) is 2.98. The fourth-order valence-electron chi connectivity index (χ4n) is 1.58. The van der Waals surface area contributed by atoms with E-state index in [1.165, 1.54) is 29.5 Å². The van der Waals surface area contributed by atoms with Crippen molar-refractivity contribution in [2.45, 2.75) is 13.5 Å². The fourth-order valence-corrected chi connectivity index (χ4v) is 2.26. The topological polar surface area (TPSA) is 107 Å². The van der Waals surface area contributed by atoms with Gasteiger partial charge in [-0.1, -0.05) is 11.3 Å². The van der Waals surface area contributed by atoms with Crippen molar-refractivity contribution in [3.05, 3.63) is 51.0 Å². The molecule has 0 saturated heterocycles. The van der Waals surface area contributed by atoms with Crippen molar-refractivity contribution in [2.24, 2.45) is 0 Å². The van der Waals surface area contributed by atoms with Gasteiger partial charge in [0.15, 0.2) is 0 Å². The highest BCUT2D eigenvalue weighted by atomic mass is 32.1. The van der Waals surface area contributed by atoms with Crippen LogP contribution < -0.4 is 5.32 Å². The van der Waals surface area contributed by atoms with Crippen LogP contribution in [0.15, 0.2) is 30.3 Å². The molecule has 9 heteroatoms. The first kappa shape index (κ1) is 16.7. The van der Waals surface area contributed by atoms with Gasteiger partial charge in [0, 0.05) is 24.8 Å². The Morgan fingerprint density at radius 3 is 2.78 bits per heavy atom. The first-order chi connectivity index (χ1) is 11.1. The molecule has 0 spiro atoms. The number of carbonyl (C=O) groups is 1. The number of nitrogens with zero attached hydrogens (tertiary/aromatic N) is 3. The SMILES string of the molecule is CCOCc1nnc(NC(=O)C=Cc2ccc([N+](=O)[O-])cc2)s1. The second kappa shape index (κ2) is 8.11. The molecule has 1 heterocycles. The minimum Gasteiger partial charge on any atom is -0.374 e. The summed E-state index contributed by atoms with van der Waals surface area (Å²) in [5.41, 5.74) is 0.683. The first-order valence-electron chi connectivity index (χ1n) is 6.72. The highest BCUT2D eigenvalue weighted by Gasteiger charge is 2.06. The molecule has 120 valence electrons. The molecule has 0 aliphatic carbocycles. The number of aromatic nitrogens is 2. The fraction of sp³-hybridized carbons (Fsp3) is 0.214. The molecular formula is C14H14N4O4S. The third-order valence-corrected chi connectivity index (χ3v) is 3.47. The van der Waals surface area contributed by atoms with Crippen molar-refractivity contribution in [1.29, 1.82) is 0 Å². The maximum atomic E-state index is 11.8. The van der Waals surface area contributed by atoms with Gasteiger partial charge in [0.1, 0.15) is 11.6 Å². The van der Waals surface area contributed by atoms with Crippen LogP contribution >= 0.6 is 11.3 Å². The molecule has 0 atom stereocenters. The normalized spacial score (nSPS) is 10.8. The highest BCUT2D eigenvalue weighted by Crippen LogP contribution is 2.16. The summed E-state index contributed by atoms with van der Waals surface area (Å²) in [6, 6.07) is 5.88. The number of rotatable bonds is 7. The molecule has 0 aliphatic rings. The molecule has 0 bridgehead atoms. The summed E-state index contributed by atoms with van der Waals surface area (Å²) in [7, 11) is 0. The third-order valence-electron chi connectivity index (χ3n) is 2.66. The van der Waals surface area contributed by atoms with Gasteiger partial charge < -0.3 is 4.74 Å². The van der Waals surface area contributed by atoms with Crippen molar-refractivity contribution in [1.82, 2.24) is 10.2 Å². The summed E-state index contributed by atoms with van der Waals surface area (Å²) in [6.45, 7) is 2.83. The molecule has 1 N–H and O–H groups in total. The van der Waals surface area contributed by atoms with Crippen LogP contribution in [0.3, 0.4) is 0 Å². The van der Waals surface area contributed by atoms with E-state index in [0.717, 1.165) is 0 Å². The number of anilines is 1. The average molecular weight is 334 g/mol. The molecule has 23 heavy (non-hydrogen) atoms. The van der Waals surface area contributed by atoms with Crippen LogP contribution in [0.1, 0.15) is 17.5 Å². The number of nitro benzene ring substituents is 1. The Morgan fingerprint density at radius 1 is 1.39 bits per heavy atom. The van der Waals surface area contributed by atoms with E-state index in [2.05, 4.69) is 15.5 Å². The Bertz CT molecular complexity index is 712. The second-order valence-electron chi connectivity index (χ2n) is 4.31. The lowest BCUT2D eigenvalue weighted by molar-refractivity contribution is -0.384. The predicted molar refractivity (Wildman–Crippen MR) is 86.0 cm³/mol. The molecule has 0 aliphatic heterocycles. The maximum absolute atomic E-state index is 11.8. The van der Waals surface area contributed by atoms with E-state index in [0.29, 0.717) is 28.9 Å². The Balaban J connectivity index is 1.90. The van der Waals surface area contributed by atoms with Crippen molar-refractivity contribution >= 4 is 34.1 Å². The zero-order valence-corrected chi connectivity index (χ0v) is 13.1. The number of ether oxygens (including phenoxy) is 1. The standard InChI is InChI=1S/C14H14N4O4S/c1-2-22-9-13-16-17-14(23-13)15-12(19)8-5-10-3-6-11(7-4-10)18(20)21/h3-8H,2,9H2,1H3,(H,15,17,19). The molecule has 2 aromatic rings. The number of hydrogen-bond acceptors (Lipinski definition) is 7. The van der Waals surface area contributed by atoms with Gasteiger partial charge in [-0.15, -0.1) is 10.2 Å². The number of carbonyl (C=O) groups excluding carboxylic acids is 1. The molecule has 0 radical (unpaired) electrons. The van der Waals surface area contributed by atoms with Gasteiger partial charge in [0.2, 0.25) is 11.0 Å². The molecule has 1 aromatic heterocycles. The van der Waals surface area contributed by atoms with Gasteiger partial charge in [0.25, 0.3) is 5.69 Å². The van der Waals surface area contributed by atoms with Gasteiger partial charge in [-0.25, -0.2) is 0 Å². The van der Waals surface area contributed by atoms with Crippen LogP contribution in [-0.2, 0) is 16.1 Å². The summed E-state index contributed by atoms with van der Waals surface area (Å²) in [6.07, 6.45) is 2.88. The van der Waals surface area contributed by atoms with Crippen LogP contribution in [-0.4, -0.2) is 27.6 Å². The number of nitrogens with one attached hydrogen (secondary N) is 1. The second-order valence-corrected chi connectivity index (χ2v) is 5.37. The number of amides is 1. The lowest BCUT2D eigenvalue weighted by Gasteiger charge is -1.96. The minimum atomic E-state index is -0.477. The van der Waals surface area contributed by atoms with Crippen molar-refractivity contribution < 1.29 is 14.5 Å². The predicted octanol–water partition coefficient (Wildman–Crippen LogP) is 2.63. The Kier molecular flexibility index (Phi) is 5.89. The van der Waals surface area contributed by atoms with Gasteiger partial charge >= 0.3 is 0 Å². The molecular weight excluding hydrogens is 320 g/mol. The van der Waals surface area contributed by atoms with E-state index < -0.39 is 4.92 Å². The smallest absolute Gasteiger partial charge is 0.269 e. The first-order valence-corrected chi connectivity index (χ1v) is 7.53. The Hall–Kier alpha value is -2.65. The van der Waals surface area contributed by atoms with E-state index in [1.807, 2.05) is 6.92 Å². The molecule has 1 aromatic carbocycles. The summed E-state index contributed by atoms with van der Waals surface area (Å²) in [5.74, 6) is -0.359. The number of hydrogen-bond donors (Lipinski definition) is 1. The monoisotopic (exact) mass is 334 g/mol. The molecule has 0 unspecified atom stereocenters. The summed E-state index contributed by atoms with van der Waals surface area (Å²) in [4.78, 5) is 21.9. The largest absolute Gasteiger partial charge is 0.374 e. The molecule has 1 amide bonds. The highest BCUT2D eigenvalue weighted by molar-refractivity contribution is 7.15. The molecule has 0 fully saturated rings. The quantitative estimate of drug-likeness (QED) is 0.474. The van der Waals surface area contributed by atoms with Crippen LogP contribution in [0.2, 0.25) is 0 Å². The zero-order valence-electron chi connectivity index (χ0n) is 12.3. The molecule has 8 nitrogen and oxygen atoms in total. The van der Waals surface area contributed by atoms with Crippen LogP contribution in [0.25, 0.3) is 6.08 Å². The van der Waals surface area contributed by atoms with Crippen LogP contribution in [0, 0.1) is 10.1 Å². The lowest BCUT2D eigenvalue weighted by Crippen LogP contribution is -2.07. The van der Waals surface area contributed by atoms with E-state index in [1.54, 1.807) is 18.2 Å². The molecule has 2 rings (SSSR count). The molecule has 0 saturated carbocycles. The summed E-state index contributed by atoms with van der Waals surface area (Å²) in [5, 5.41) is 22.0. The van der Waals surface area contributed by atoms with Crippen molar-refractivity contribution in [3.63, 3.8) is 0 Å². The third kappa shape index (κ3) is 5.24. The van der Waals surface area contributed by atoms with E-state index in [4.69, 9.17) is 4.74 Å². The van der Waals surface area contributed by atoms with E-state index in [9.17, 15) is 14.9 Å². The Morgan fingerprint density at radius 2 is 2.13 bits per heavy atom. The van der Waals surface area contributed by atoms with Crippen molar-refractivity contribution in [2.75, 3.05) is 11.9 Å². The lowest BCUT2D eigenvalue weighted by atomic mass is 10.2. The van der Waals surface area contributed by atoms with Crippen LogP contribution in [0.5, 0.6) is 0 Å².